The van der Waals surface area contributed by atoms with Crippen molar-refractivity contribution in [2.75, 3.05) is 6.54 Å². The molecule has 1 unspecified atom stereocenters. The molecule has 1 aliphatic rings. The maximum absolute atomic E-state index is 13.7. The quantitative estimate of drug-likeness (QED) is 0.686. The normalized spacial score (nSPS) is 18.0. The lowest BCUT2D eigenvalue weighted by Crippen LogP contribution is -2.32. The van der Waals surface area contributed by atoms with Crippen LogP contribution in [-0.4, -0.2) is 28.0 Å². The number of aromatic nitrogens is 1. The number of hydrogen-bond acceptors (Lipinski definition) is 1. The molecule has 0 bridgehead atoms. The highest BCUT2D eigenvalue weighted by atomic mass is 19.1. The summed E-state index contributed by atoms with van der Waals surface area (Å²) < 4.78 is 29.4. The maximum Gasteiger partial charge on any atom is 0.222 e. The standard InChI is InChI=1S/C20H20F2N2O/c1-13-3-8-20(25)23(13)9-2-10-24-18-6-4-14(21)11-16(18)17-12-15(22)5-7-19(17)24/h4-7,11-13H,2-3,8-10H2,1H3. The van der Waals surface area contributed by atoms with Gasteiger partial charge < -0.3 is 9.47 Å². The Labute approximate surface area is 144 Å². The van der Waals surface area contributed by atoms with Crippen molar-refractivity contribution in [3.63, 3.8) is 0 Å². The third-order valence-electron chi connectivity index (χ3n) is 5.20. The Hall–Kier alpha value is -2.43. The zero-order valence-corrected chi connectivity index (χ0v) is 14.1. The summed E-state index contributed by atoms with van der Waals surface area (Å²) >= 11 is 0. The summed E-state index contributed by atoms with van der Waals surface area (Å²) in [4.78, 5) is 13.9. The molecule has 130 valence electrons. The summed E-state index contributed by atoms with van der Waals surface area (Å²) in [5.41, 5.74) is 1.78. The molecule has 0 radical (unpaired) electrons. The van der Waals surface area contributed by atoms with Gasteiger partial charge in [0.25, 0.3) is 0 Å². The second-order valence-corrected chi connectivity index (χ2v) is 6.80. The highest BCUT2D eigenvalue weighted by molar-refractivity contribution is 6.08. The van der Waals surface area contributed by atoms with Crippen molar-refractivity contribution in [2.24, 2.45) is 0 Å². The SMILES string of the molecule is CC1CCC(=O)N1CCCn1c2ccc(F)cc2c2cc(F)ccc21. The van der Waals surface area contributed by atoms with E-state index in [4.69, 9.17) is 0 Å². The first-order valence-corrected chi connectivity index (χ1v) is 8.71. The molecule has 0 spiro atoms. The molecule has 5 heteroatoms. The maximum atomic E-state index is 13.7. The number of hydrogen-bond donors (Lipinski definition) is 0. The number of carbonyl (C=O) groups excluding carboxylic acids is 1. The molecule has 0 aliphatic carbocycles. The minimum Gasteiger partial charge on any atom is -0.340 e. The molecule has 1 aromatic heterocycles. The fourth-order valence-corrected chi connectivity index (χ4v) is 3.91. The van der Waals surface area contributed by atoms with Gasteiger partial charge in [-0.3, -0.25) is 4.79 Å². The number of halogens is 2. The summed E-state index contributed by atoms with van der Waals surface area (Å²) in [5.74, 6) is -0.432. The number of nitrogens with zero attached hydrogens (tertiary/aromatic N) is 2. The van der Waals surface area contributed by atoms with Crippen LogP contribution in [0, 0.1) is 11.6 Å². The predicted molar refractivity (Wildman–Crippen MR) is 94.4 cm³/mol. The third-order valence-corrected chi connectivity index (χ3v) is 5.20. The second kappa shape index (κ2) is 6.14. The van der Waals surface area contributed by atoms with Crippen LogP contribution in [0.15, 0.2) is 36.4 Å². The van der Waals surface area contributed by atoms with E-state index < -0.39 is 0 Å². The smallest absolute Gasteiger partial charge is 0.222 e. The summed E-state index contributed by atoms with van der Waals surface area (Å²) in [5, 5.41) is 1.44. The van der Waals surface area contributed by atoms with Crippen LogP contribution in [0.3, 0.4) is 0 Å². The van der Waals surface area contributed by atoms with E-state index in [1.165, 1.54) is 24.3 Å². The fourth-order valence-electron chi connectivity index (χ4n) is 3.91. The Morgan fingerprint density at radius 2 is 1.60 bits per heavy atom. The van der Waals surface area contributed by atoms with Crippen molar-refractivity contribution in [2.45, 2.75) is 38.8 Å². The number of aryl methyl sites for hydroxylation is 1. The number of amides is 1. The van der Waals surface area contributed by atoms with E-state index in [1.54, 1.807) is 12.1 Å². The Balaban J connectivity index is 1.67. The van der Waals surface area contributed by atoms with Gasteiger partial charge >= 0.3 is 0 Å². The molecule has 3 nitrogen and oxygen atoms in total. The van der Waals surface area contributed by atoms with Gasteiger partial charge in [-0.05, 0) is 56.2 Å². The topological polar surface area (TPSA) is 25.2 Å². The Morgan fingerprint density at radius 3 is 2.12 bits per heavy atom. The van der Waals surface area contributed by atoms with Gasteiger partial charge in [-0.1, -0.05) is 0 Å². The molecule has 1 atom stereocenters. The van der Waals surface area contributed by atoms with Crippen molar-refractivity contribution in [3.05, 3.63) is 48.0 Å². The van der Waals surface area contributed by atoms with Gasteiger partial charge in [-0.25, -0.2) is 8.78 Å². The molecule has 2 aromatic carbocycles. The second-order valence-electron chi connectivity index (χ2n) is 6.80. The Bertz CT molecular complexity index is 904. The van der Waals surface area contributed by atoms with Crippen molar-refractivity contribution < 1.29 is 13.6 Å². The molecule has 1 saturated heterocycles. The number of benzene rings is 2. The number of rotatable bonds is 4. The van der Waals surface area contributed by atoms with E-state index in [2.05, 4.69) is 11.5 Å². The summed E-state index contributed by atoms with van der Waals surface area (Å²) in [7, 11) is 0. The van der Waals surface area contributed by atoms with Crippen LogP contribution in [0.2, 0.25) is 0 Å². The van der Waals surface area contributed by atoms with Crippen LogP contribution < -0.4 is 0 Å². The highest BCUT2D eigenvalue weighted by Crippen LogP contribution is 2.30. The zero-order chi connectivity index (χ0) is 17.6. The average Bonchev–Trinajstić information content (AvgIpc) is 3.06. The van der Waals surface area contributed by atoms with Gasteiger partial charge in [0.15, 0.2) is 0 Å². The fraction of sp³-hybridized carbons (Fsp3) is 0.350. The van der Waals surface area contributed by atoms with Crippen molar-refractivity contribution in [3.8, 4) is 0 Å². The number of likely N-dealkylation sites (tertiary alicyclic amines) is 1. The minimum absolute atomic E-state index is 0.221. The van der Waals surface area contributed by atoms with E-state index in [0.29, 0.717) is 25.6 Å². The molecule has 3 aromatic rings. The van der Waals surface area contributed by atoms with Crippen LogP contribution in [0.4, 0.5) is 8.78 Å². The van der Waals surface area contributed by atoms with Crippen molar-refractivity contribution in [1.29, 1.82) is 0 Å². The predicted octanol–water partition coefficient (Wildman–Crippen LogP) is 4.47. The minimum atomic E-state index is -0.327. The molecule has 4 rings (SSSR count). The number of fused-ring (bicyclic) bond motifs is 3. The molecular formula is C20H20F2N2O. The van der Waals surface area contributed by atoms with Crippen LogP contribution in [0.5, 0.6) is 0 Å². The lowest BCUT2D eigenvalue weighted by Gasteiger charge is -2.21. The molecular weight excluding hydrogens is 322 g/mol. The van der Waals surface area contributed by atoms with Gasteiger partial charge in [0.05, 0.1) is 0 Å². The molecule has 0 N–H and O–H groups in total. The third kappa shape index (κ3) is 2.77. The van der Waals surface area contributed by atoms with E-state index in [0.717, 1.165) is 34.6 Å². The van der Waals surface area contributed by atoms with Crippen LogP contribution in [0.25, 0.3) is 21.8 Å². The first-order chi connectivity index (χ1) is 12.0. The van der Waals surface area contributed by atoms with E-state index in [9.17, 15) is 13.6 Å². The summed E-state index contributed by atoms with van der Waals surface area (Å²) in [6, 6.07) is 9.56. The number of carbonyl (C=O) groups is 1. The Kier molecular flexibility index (Phi) is 3.94. The van der Waals surface area contributed by atoms with Gasteiger partial charge in [0, 0.05) is 47.4 Å². The summed E-state index contributed by atoms with van der Waals surface area (Å²) in [6.45, 7) is 3.49. The molecule has 1 amide bonds. The molecule has 1 aliphatic heterocycles. The largest absolute Gasteiger partial charge is 0.340 e. The average molecular weight is 342 g/mol. The van der Waals surface area contributed by atoms with Crippen molar-refractivity contribution in [1.82, 2.24) is 9.47 Å². The zero-order valence-electron chi connectivity index (χ0n) is 14.1. The molecule has 0 saturated carbocycles. The van der Waals surface area contributed by atoms with E-state index in [-0.39, 0.29) is 17.5 Å². The van der Waals surface area contributed by atoms with Gasteiger partial charge in [0.1, 0.15) is 11.6 Å². The van der Waals surface area contributed by atoms with E-state index in [1.807, 2.05) is 4.90 Å². The molecule has 25 heavy (non-hydrogen) atoms. The van der Waals surface area contributed by atoms with Gasteiger partial charge in [-0.15, -0.1) is 0 Å². The van der Waals surface area contributed by atoms with Gasteiger partial charge in [0.2, 0.25) is 5.91 Å². The molecule has 1 fully saturated rings. The first kappa shape index (κ1) is 16.1. The Morgan fingerprint density at radius 1 is 1.00 bits per heavy atom. The van der Waals surface area contributed by atoms with Gasteiger partial charge in [-0.2, -0.15) is 0 Å². The lowest BCUT2D eigenvalue weighted by molar-refractivity contribution is -0.128. The van der Waals surface area contributed by atoms with Crippen LogP contribution in [-0.2, 0) is 11.3 Å². The monoisotopic (exact) mass is 342 g/mol. The van der Waals surface area contributed by atoms with E-state index >= 15 is 0 Å². The molecule has 2 heterocycles. The lowest BCUT2D eigenvalue weighted by atomic mass is 10.1. The van der Waals surface area contributed by atoms with Crippen molar-refractivity contribution >= 4 is 27.7 Å². The first-order valence-electron chi connectivity index (χ1n) is 8.71. The van der Waals surface area contributed by atoms with Crippen LogP contribution in [0.1, 0.15) is 26.2 Å². The van der Waals surface area contributed by atoms with Crippen LogP contribution >= 0.6 is 0 Å². The summed E-state index contributed by atoms with van der Waals surface area (Å²) in [6.07, 6.45) is 2.37. The highest BCUT2D eigenvalue weighted by Gasteiger charge is 2.26.